The molecule has 0 radical (unpaired) electrons. The van der Waals surface area contributed by atoms with Crippen molar-refractivity contribution in [3.63, 3.8) is 0 Å². The molecule has 0 N–H and O–H groups in total. The van der Waals surface area contributed by atoms with Crippen LogP contribution >= 0.6 is 0 Å². The first-order chi connectivity index (χ1) is 12.4. The predicted octanol–water partition coefficient (Wildman–Crippen LogP) is 3.91. The smallest absolute Gasteiger partial charge is 0.250 e. The molecular formula is C21H29FN2O2. The molecule has 2 fully saturated rings. The summed E-state index contributed by atoms with van der Waals surface area (Å²) in [5.41, 5.74) is 0.693. The minimum atomic E-state index is -0.647. The molecule has 2 atom stereocenters. The van der Waals surface area contributed by atoms with E-state index in [0.717, 1.165) is 32.1 Å². The molecular weight excluding hydrogens is 331 g/mol. The second kappa shape index (κ2) is 7.77. The van der Waals surface area contributed by atoms with Gasteiger partial charge in [0.25, 0.3) is 5.91 Å². The van der Waals surface area contributed by atoms with E-state index in [-0.39, 0.29) is 36.3 Å². The zero-order valence-electron chi connectivity index (χ0n) is 16.0. The number of halogens is 1. The van der Waals surface area contributed by atoms with Crippen LogP contribution in [0.4, 0.5) is 4.39 Å². The first kappa shape index (κ1) is 18.9. The Labute approximate surface area is 155 Å². The first-order valence-electron chi connectivity index (χ1n) is 9.79. The van der Waals surface area contributed by atoms with Crippen LogP contribution in [-0.4, -0.2) is 40.2 Å². The molecule has 5 heteroatoms. The minimum absolute atomic E-state index is 0.00750. The van der Waals surface area contributed by atoms with Crippen molar-refractivity contribution in [2.75, 3.05) is 6.54 Å². The summed E-state index contributed by atoms with van der Waals surface area (Å²) < 4.78 is 13.4. The molecule has 3 rings (SSSR count). The van der Waals surface area contributed by atoms with Crippen molar-refractivity contribution in [2.24, 2.45) is 5.92 Å². The summed E-state index contributed by atoms with van der Waals surface area (Å²) in [6.07, 6.45) is 4.88. The molecule has 1 aromatic rings. The van der Waals surface area contributed by atoms with Crippen molar-refractivity contribution in [2.45, 2.75) is 71.0 Å². The van der Waals surface area contributed by atoms with Crippen LogP contribution in [0.5, 0.6) is 0 Å². The number of carbonyl (C=O) groups is 2. The van der Waals surface area contributed by atoms with E-state index in [9.17, 15) is 14.0 Å². The van der Waals surface area contributed by atoms with Gasteiger partial charge >= 0.3 is 0 Å². The fourth-order valence-electron chi connectivity index (χ4n) is 4.23. The Morgan fingerprint density at radius 3 is 2.31 bits per heavy atom. The highest BCUT2D eigenvalue weighted by molar-refractivity contribution is 5.96. The molecule has 1 aromatic carbocycles. The Kier molecular flexibility index (Phi) is 5.64. The average molecular weight is 360 g/mol. The molecule has 26 heavy (non-hydrogen) atoms. The van der Waals surface area contributed by atoms with Crippen molar-refractivity contribution >= 4 is 11.8 Å². The highest BCUT2D eigenvalue weighted by Crippen LogP contribution is 2.35. The van der Waals surface area contributed by atoms with Gasteiger partial charge in [-0.2, -0.15) is 0 Å². The summed E-state index contributed by atoms with van der Waals surface area (Å²) in [6, 6.07) is 5.46. The number of benzene rings is 1. The molecule has 4 nitrogen and oxygen atoms in total. The number of rotatable bonds is 4. The fourth-order valence-corrected chi connectivity index (χ4v) is 4.23. The molecule has 1 aliphatic heterocycles. The van der Waals surface area contributed by atoms with E-state index in [2.05, 4.69) is 6.92 Å². The van der Waals surface area contributed by atoms with Crippen LogP contribution in [0.2, 0.25) is 0 Å². The third-order valence-corrected chi connectivity index (χ3v) is 6.07. The quantitative estimate of drug-likeness (QED) is 0.817. The Balaban J connectivity index is 1.92. The maximum Gasteiger partial charge on any atom is 0.250 e. The van der Waals surface area contributed by atoms with Crippen molar-refractivity contribution < 1.29 is 14.0 Å². The van der Waals surface area contributed by atoms with Crippen molar-refractivity contribution in [3.05, 3.63) is 35.6 Å². The lowest BCUT2D eigenvalue weighted by molar-refractivity contribution is -0.161. The van der Waals surface area contributed by atoms with E-state index in [1.54, 1.807) is 21.9 Å². The molecule has 0 spiro atoms. The van der Waals surface area contributed by atoms with Gasteiger partial charge in [0, 0.05) is 12.1 Å². The second-order valence-corrected chi connectivity index (χ2v) is 7.89. The molecule has 142 valence electrons. The van der Waals surface area contributed by atoms with Crippen LogP contribution in [0.3, 0.4) is 0 Å². The van der Waals surface area contributed by atoms with E-state index in [0.29, 0.717) is 11.5 Å². The highest BCUT2D eigenvalue weighted by Gasteiger charge is 2.44. The number of hydrogen-bond acceptors (Lipinski definition) is 2. The van der Waals surface area contributed by atoms with E-state index in [4.69, 9.17) is 0 Å². The molecule has 0 bridgehead atoms. The third-order valence-electron chi connectivity index (χ3n) is 6.07. The Bertz CT molecular complexity index is 652. The largest absolute Gasteiger partial charge is 0.328 e. The van der Waals surface area contributed by atoms with Crippen molar-refractivity contribution in [1.82, 2.24) is 9.80 Å². The molecule has 1 aliphatic carbocycles. The molecule has 2 unspecified atom stereocenters. The van der Waals surface area contributed by atoms with Crippen LogP contribution in [0.25, 0.3) is 0 Å². The summed E-state index contributed by atoms with van der Waals surface area (Å²) in [7, 11) is 0. The lowest BCUT2D eigenvalue weighted by Gasteiger charge is -2.47. The van der Waals surface area contributed by atoms with Gasteiger partial charge < -0.3 is 9.80 Å². The molecule has 1 heterocycles. The number of carbonyl (C=O) groups excluding carboxylic acids is 2. The van der Waals surface area contributed by atoms with E-state index in [1.165, 1.54) is 12.1 Å². The van der Waals surface area contributed by atoms with Gasteiger partial charge in [0.05, 0.1) is 0 Å². The second-order valence-electron chi connectivity index (χ2n) is 7.89. The average Bonchev–Trinajstić information content (AvgIpc) is 2.64. The molecule has 0 aromatic heterocycles. The normalized spacial score (nSPS) is 28.4. The Hall–Kier alpha value is -1.91. The predicted molar refractivity (Wildman–Crippen MR) is 98.9 cm³/mol. The molecule has 1 saturated carbocycles. The van der Waals surface area contributed by atoms with Gasteiger partial charge in [-0.05, 0) is 62.6 Å². The lowest BCUT2D eigenvalue weighted by atomic mass is 9.85. The molecule has 1 saturated heterocycles. The fraction of sp³-hybridized carbons (Fsp3) is 0.619. The van der Waals surface area contributed by atoms with Crippen LogP contribution in [0.1, 0.15) is 64.5 Å². The zero-order valence-corrected chi connectivity index (χ0v) is 16.0. The Morgan fingerprint density at radius 2 is 1.73 bits per heavy atom. The van der Waals surface area contributed by atoms with Crippen LogP contribution in [0.15, 0.2) is 24.3 Å². The van der Waals surface area contributed by atoms with Crippen LogP contribution < -0.4 is 0 Å². The number of piperazine rings is 1. The highest BCUT2D eigenvalue weighted by atomic mass is 19.1. The van der Waals surface area contributed by atoms with Gasteiger partial charge in [0.15, 0.2) is 0 Å². The van der Waals surface area contributed by atoms with Gasteiger partial charge in [-0.25, -0.2) is 4.39 Å². The molecule has 2 aliphatic rings. The van der Waals surface area contributed by atoms with Crippen LogP contribution in [0, 0.1) is 11.7 Å². The maximum absolute atomic E-state index is 13.4. The van der Waals surface area contributed by atoms with Gasteiger partial charge in [0.1, 0.15) is 18.4 Å². The topological polar surface area (TPSA) is 40.6 Å². The summed E-state index contributed by atoms with van der Waals surface area (Å²) >= 11 is 0. The van der Waals surface area contributed by atoms with Gasteiger partial charge in [-0.3, -0.25) is 9.59 Å². The van der Waals surface area contributed by atoms with E-state index >= 15 is 0 Å². The monoisotopic (exact) mass is 360 g/mol. The Morgan fingerprint density at radius 1 is 1.12 bits per heavy atom. The number of nitrogens with zero attached hydrogens (tertiary/aromatic N) is 2. The van der Waals surface area contributed by atoms with E-state index < -0.39 is 6.04 Å². The van der Waals surface area contributed by atoms with Crippen molar-refractivity contribution in [1.29, 1.82) is 0 Å². The minimum Gasteiger partial charge on any atom is -0.328 e. The summed E-state index contributed by atoms with van der Waals surface area (Å²) in [5, 5.41) is 0. The van der Waals surface area contributed by atoms with Crippen LogP contribution in [-0.2, 0) is 9.59 Å². The number of amides is 2. The van der Waals surface area contributed by atoms with Gasteiger partial charge in [0.2, 0.25) is 5.91 Å². The van der Waals surface area contributed by atoms with E-state index in [1.807, 2.05) is 13.8 Å². The first-order valence-corrected chi connectivity index (χ1v) is 9.79. The van der Waals surface area contributed by atoms with Gasteiger partial charge in [-0.15, -0.1) is 0 Å². The molecule has 2 amide bonds. The summed E-state index contributed by atoms with van der Waals surface area (Å²) in [4.78, 5) is 29.9. The zero-order chi connectivity index (χ0) is 18.8. The summed E-state index contributed by atoms with van der Waals surface area (Å²) in [6.45, 7) is 6.39. The van der Waals surface area contributed by atoms with Crippen molar-refractivity contribution in [3.8, 4) is 0 Å². The maximum atomic E-state index is 13.4. The third kappa shape index (κ3) is 3.62. The number of hydrogen-bond donors (Lipinski definition) is 0. The summed E-state index contributed by atoms with van der Waals surface area (Å²) in [5.74, 6) is 0.325. The lowest BCUT2D eigenvalue weighted by Crippen LogP contribution is -2.60. The van der Waals surface area contributed by atoms with Gasteiger partial charge in [-0.1, -0.05) is 26.0 Å². The SMILES string of the molecule is CCC(C)N1C(=O)CN(C2CCC(C)CC2)C(=O)C1c1ccc(F)cc1. The standard InChI is InChI=1S/C21H29FN2O2/c1-4-15(3)24-19(25)13-23(18-11-5-14(2)6-12-18)21(26)20(24)16-7-9-17(22)10-8-16/h7-10,14-15,18,20H,4-6,11-13H2,1-3H3.